The summed E-state index contributed by atoms with van der Waals surface area (Å²) in [6.45, 7) is 3.59. The van der Waals surface area contributed by atoms with Crippen LogP contribution >= 0.6 is 0 Å². The molecule has 5 N–H and O–H groups in total. The molecular weight excluding hydrogens is 322 g/mol. The predicted octanol–water partition coefficient (Wildman–Crippen LogP) is -0.706. The van der Waals surface area contributed by atoms with Crippen molar-refractivity contribution in [2.45, 2.75) is 5.79 Å². The van der Waals surface area contributed by atoms with Crippen LogP contribution in [0.25, 0.3) is 0 Å². The Hall–Kier alpha value is -2.52. The Labute approximate surface area is 147 Å². The van der Waals surface area contributed by atoms with Crippen LogP contribution in [0, 0.1) is 0 Å². The lowest BCUT2D eigenvalue weighted by Crippen LogP contribution is -2.61. The number of piperazine rings is 1. The number of rotatable bonds is 3. The van der Waals surface area contributed by atoms with Gasteiger partial charge in [-0.25, -0.2) is 4.99 Å². The molecule has 1 unspecified atom stereocenters. The molecule has 1 aromatic rings. The number of nitrogens with two attached hydrogens (primary N) is 2. The minimum atomic E-state index is -1.22. The molecule has 25 heavy (non-hydrogen) atoms. The Kier molecular flexibility index (Phi) is 4.69. The van der Waals surface area contributed by atoms with E-state index in [0.29, 0.717) is 23.0 Å². The first-order valence-electron chi connectivity index (χ1n) is 8.12. The number of nitrogens with zero attached hydrogens (tertiary/aromatic N) is 4. The smallest absolute Gasteiger partial charge is 0.222 e. The quantitative estimate of drug-likeness (QED) is 0.662. The minimum Gasteiger partial charge on any atom is -0.493 e. The normalized spacial score (nSPS) is 24.2. The zero-order valence-electron chi connectivity index (χ0n) is 14.8. The Morgan fingerprint density at radius 1 is 1.12 bits per heavy atom. The van der Waals surface area contributed by atoms with E-state index in [1.54, 1.807) is 26.4 Å². The number of ether oxygens (including phenoxy) is 2. The summed E-state index contributed by atoms with van der Waals surface area (Å²) in [6.07, 6.45) is 0. The molecule has 1 atom stereocenters. The highest BCUT2D eigenvalue weighted by molar-refractivity contribution is 5.96. The average molecular weight is 347 g/mol. The Balaban J connectivity index is 1.88. The maximum atomic E-state index is 6.52. The fourth-order valence-corrected chi connectivity index (χ4v) is 2.92. The molecule has 3 rings (SSSR count). The SMILES string of the molecule is COc1ccc(C2(N)N=C(N)N=C(N3CCN(C)CC3)N2)cc1OC. The van der Waals surface area contributed by atoms with Crippen molar-refractivity contribution < 1.29 is 9.47 Å². The number of guanidine groups is 2. The van der Waals surface area contributed by atoms with E-state index in [-0.39, 0.29) is 5.96 Å². The molecule has 1 saturated heterocycles. The molecule has 136 valence electrons. The predicted molar refractivity (Wildman–Crippen MR) is 96.7 cm³/mol. The number of hydrogen-bond donors (Lipinski definition) is 3. The van der Waals surface area contributed by atoms with Crippen LogP contribution in [0.1, 0.15) is 5.56 Å². The summed E-state index contributed by atoms with van der Waals surface area (Å²) in [5, 5.41) is 3.22. The number of likely N-dealkylation sites (N-methyl/N-ethyl adjacent to an activating group) is 1. The van der Waals surface area contributed by atoms with Gasteiger partial charge in [-0.05, 0) is 25.2 Å². The van der Waals surface area contributed by atoms with Gasteiger partial charge in [-0.2, -0.15) is 4.99 Å². The van der Waals surface area contributed by atoms with Crippen LogP contribution in [0.3, 0.4) is 0 Å². The number of benzene rings is 1. The van der Waals surface area contributed by atoms with Gasteiger partial charge in [0.25, 0.3) is 0 Å². The molecule has 2 aliphatic rings. The van der Waals surface area contributed by atoms with Crippen LogP contribution in [0.5, 0.6) is 11.5 Å². The Bertz CT molecular complexity index is 698. The van der Waals surface area contributed by atoms with Crippen molar-refractivity contribution in [3.63, 3.8) is 0 Å². The molecule has 0 amide bonds. The monoisotopic (exact) mass is 347 g/mol. The van der Waals surface area contributed by atoms with Gasteiger partial charge in [0.2, 0.25) is 17.7 Å². The molecule has 0 saturated carbocycles. The van der Waals surface area contributed by atoms with Gasteiger partial charge >= 0.3 is 0 Å². The molecule has 9 heteroatoms. The van der Waals surface area contributed by atoms with E-state index >= 15 is 0 Å². The summed E-state index contributed by atoms with van der Waals surface area (Å²) in [6, 6.07) is 5.41. The number of aliphatic imine (C=N–C) groups is 2. The van der Waals surface area contributed by atoms with Crippen molar-refractivity contribution in [3.8, 4) is 11.5 Å². The van der Waals surface area contributed by atoms with E-state index in [9.17, 15) is 0 Å². The van der Waals surface area contributed by atoms with Crippen molar-refractivity contribution in [1.82, 2.24) is 15.1 Å². The molecular formula is C16H25N7O2. The third-order valence-corrected chi connectivity index (χ3v) is 4.44. The van der Waals surface area contributed by atoms with Crippen LogP contribution in [-0.2, 0) is 5.79 Å². The maximum absolute atomic E-state index is 6.52. The topological polar surface area (TPSA) is 114 Å². The molecule has 0 aliphatic carbocycles. The largest absolute Gasteiger partial charge is 0.493 e. The first-order valence-corrected chi connectivity index (χ1v) is 8.12. The van der Waals surface area contributed by atoms with E-state index in [0.717, 1.165) is 26.2 Å². The second-order valence-corrected chi connectivity index (χ2v) is 6.16. The van der Waals surface area contributed by atoms with E-state index in [1.807, 2.05) is 6.07 Å². The molecule has 9 nitrogen and oxygen atoms in total. The Morgan fingerprint density at radius 2 is 1.80 bits per heavy atom. The van der Waals surface area contributed by atoms with Gasteiger partial charge in [0.1, 0.15) is 0 Å². The van der Waals surface area contributed by atoms with E-state index in [1.165, 1.54) is 0 Å². The van der Waals surface area contributed by atoms with Gasteiger partial charge in [-0.3, -0.25) is 5.73 Å². The van der Waals surface area contributed by atoms with Crippen molar-refractivity contribution >= 4 is 11.9 Å². The Morgan fingerprint density at radius 3 is 2.44 bits per heavy atom. The zero-order chi connectivity index (χ0) is 18.0. The summed E-state index contributed by atoms with van der Waals surface area (Å²) in [5.41, 5.74) is 13.2. The van der Waals surface area contributed by atoms with Crippen LogP contribution in [-0.4, -0.2) is 69.2 Å². The highest BCUT2D eigenvalue weighted by atomic mass is 16.5. The lowest BCUT2D eigenvalue weighted by atomic mass is 10.1. The molecule has 1 aromatic carbocycles. The van der Waals surface area contributed by atoms with Crippen molar-refractivity contribution in [2.75, 3.05) is 47.4 Å². The van der Waals surface area contributed by atoms with E-state index in [2.05, 4.69) is 32.1 Å². The lowest BCUT2D eigenvalue weighted by molar-refractivity contribution is 0.206. The first kappa shape index (κ1) is 17.3. The van der Waals surface area contributed by atoms with Gasteiger partial charge in [-0.1, -0.05) is 0 Å². The molecule has 0 spiro atoms. The van der Waals surface area contributed by atoms with Gasteiger partial charge < -0.3 is 30.3 Å². The average Bonchev–Trinajstić information content (AvgIpc) is 2.61. The highest BCUT2D eigenvalue weighted by Crippen LogP contribution is 2.31. The summed E-state index contributed by atoms with van der Waals surface area (Å²) < 4.78 is 10.6. The third kappa shape index (κ3) is 3.47. The fraction of sp³-hybridized carbons (Fsp3) is 0.500. The third-order valence-electron chi connectivity index (χ3n) is 4.44. The summed E-state index contributed by atoms with van der Waals surface area (Å²) >= 11 is 0. The fourth-order valence-electron chi connectivity index (χ4n) is 2.92. The van der Waals surface area contributed by atoms with Crippen LogP contribution in [0.15, 0.2) is 28.2 Å². The lowest BCUT2D eigenvalue weighted by Gasteiger charge is -2.39. The maximum Gasteiger partial charge on any atom is 0.222 e. The minimum absolute atomic E-state index is 0.143. The van der Waals surface area contributed by atoms with Gasteiger partial charge in [0.05, 0.1) is 14.2 Å². The van der Waals surface area contributed by atoms with E-state index in [4.69, 9.17) is 20.9 Å². The molecule has 0 bridgehead atoms. The summed E-state index contributed by atoms with van der Waals surface area (Å²) in [7, 11) is 5.26. The molecule has 2 heterocycles. The number of nitrogens with one attached hydrogen (secondary N) is 1. The van der Waals surface area contributed by atoms with Gasteiger partial charge in [0, 0.05) is 31.7 Å². The van der Waals surface area contributed by atoms with Crippen molar-refractivity contribution in [1.29, 1.82) is 0 Å². The van der Waals surface area contributed by atoms with Crippen LogP contribution < -0.4 is 26.3 Å². The zero-order valence-corrected chi connectivity index (χ0v) is 14.8. The van der Waals surface area contributed by atoms with Crippen molar-refractivity contribution in [2.24, 2.45) is 21.5 Å². The first-order chi connectivity index (χ1) is 11.9. The van der Waals surface area contributed by atoms with Crippen LogP contribution in [0.4, 0.5) is 0 Å². The van der Waals surface area contributed by atoms with Gasteiger partial charge in [0.15, 0.2) is 11.5 Å². The highest BCUT2D eigenvalue weighted by Gasteiger charge is 2.34. The standard InChI is InChI=1S/C16H25N7O2/c1-22-6-8-23(9-7-22)15-19-14(17)20-16(18,21-15)11-4-5-12(24-2)13(10-11)25-3/h4-5,10H,6-9,18H2,1-3H3,(H3,17,19,20,21). The van der Waals surface area contributed by atoms with Gasteiger partial charge in [-0.15, -0.1) is 0 Å². The van der Waals surface area contributed by atoms with Crippen LogP contribution in [0.2, 0.25) is 0 Å². The molecule has 1 fully saturated rings. The van der Waals surface area contributed by atoms with E-state index < -0.39 is 5.79 Å². The molecule has 0 aromatic heterocycles. The molecule has 0 radical (unpaired) electrons. The second-order valence-electron chi connectivity index (χ2n) is 6.16. The summed E-state index contributed by atoms with van der Waals surface area (Å²) in [5.74, 6) is 0.756. The molecule has 2 aliphatic heterocycles. The summed E-state index contributed by atoms with van der Waals surface area (Å²) in [4.78, 5) is 13.0. The second kappa shape index (κ2) is 6.77. The number of methoxy groups -OCH3 is 2. The number of hydrogen-bond acceptors (Lipinski definition) is 9. The van der Waals surface area contributed by atoms with Crippen molar-refractivity contribution in [3.05, 3.63) is 23.8 Å².